The van der Waals surface area contributed by atoms with E-state index in [1.54, 1.807) is 39.1 Å². The Balaban J connectivity index is 1.33. The lowest BCUT2D eigenvalue weighted by Gasteiger charge is -2.41. The van der Waals surface area contributed by atoms with Gasteiger partial charge in [-0.15, -0.1) is 0 Å². The van der Waals surface area contributed by atoms with Gasteiger partial charge in [-0.3, -0.25) is 4.79 Å². The molecule has 2 amide bonds. The van der Waals surface area contributed by atoms with Crippen molar-refractivity contribution in [2.45, 2.75) is 39.3 Å². The zero-order valence-corrected chi connectivity index (χ0v) is 20.8. The van der Waals surface area contributed by atoms with Crippen molar-refractivity contribution < 1.29 is 14.7 Å². The zero-order valence-electron chi connectivity index (χ0n) is 20.8. The van der Waals surface area contributed by atoms with E-state index in [0.29, 0.717) is 34.6 Å². The number of phenols is 1. The average Bonchev–Trinajstić information content (AvgIpc) is 2.90. The van der Waals surface area contributed by atoms with E-state index < -0.39 is 0 Å². The van der Waals surface area contributed by atoms with Crippen LogP contribution in [0.4, 0.5) is 22.1 Å². The number of fused-ring (bicyclic) bond motifs is 1. The third kappa shape index (κ3) is 4.46. The molecule has 0 aliphatic carbocycles. The summed E-state index contributed by atoms with van der Waals surface area (Å²) >= 11 is 0. The van der Waals surface area contributed by atoms with Gasteiger partial charge in [-0.2, -0.15) is 0 Å². The second-order valence-corrected chi connectivity index (χ2v) is 9.57. The van der Waals surface area contributed by atoms with Crippen LogP contribution in [0.3, 0.4) is 0 Å². The van der Waals surface area contributed by atoms with Crippen molar-refractivity contribution in [2.75, 3.05) is 35.7 Å². The SMILES string of the molecule is CNc1cc(C(=O)c2cc(C)c(O)c(C)c2)cc(N2CCC(N3Cc4ccccc4NC3=O)CC2)n1. The summed E-state index contributed by atoms with van der Waals surface area (Å²) in [7, 11) is 1.79. The maximum atomic E-state index is 13.4. The number of pyridine rings is 1. The van der Waals surface area contributed by atoms with Gasteiger partial charge in [0.1, 0.15) is 17.4 Å². The number of nitrogens with zero attached hydrogens (tertiary/aromatic N) is 3. The van der Waals surface area contributed by atoms with Gasteiger partial charge in [0.15, 0.2) is 5.78 Å². The van der Waals surface area contributed by atoms with E-state index in [4.69, 9.17) is 4.98 Å². The summed E-state index contributed by atoms with van der Waals surface area (Å²) in [4.78, 5) is 34.9. The minimum atomic E-state index is -0.111. The fraction of sp³-hybridized carbons (Fsp3) is 0.321. The summed E-state index contributed by atoms with van der Waals surface area (Å²) in [5.74, 6) is 1.47. The number of anilines is 3. The molecule has 3 aromatic rings. The Hall–Kier alpha value is -4.07. The van der Waals surface area contributed by atoms with E-state index in [0.717, 1.165) is 43.0 Å². The summed E-state index contributed by atoms with van der Waals surface area (Å²) in [5.41, 5.74) is 4.45. The largest absolute Gasteiger partial charge is 0.507 e. The summed E-state index contributed by atoms with van der Waals surface area (Å²) in [6.07, 6.45) is 1.64. The third-order valence-electron chi connectivity index (χ3n) is 7.17. The molecule has 2 aliphatic heterocycles. The Morgan fingerprint density at radius 3 is 2.42 bits per heavy atom. The van der Waals surface area contributed by atoms with E-state index in [-0.39, 0.29) is 23.6 Å². The number of carbonyl (C=O) groups is 2. The first-order valence-electron chi connectivity index (χ1n) is 12.3. The van der Waals surface area contributed by atoms with Crippen LogP contribution in [0.25, 0.3) is 0 Å². The molecule has 0 saturated carbocycles. The summed E-state index contributed by atoms with van der Waals surface area (Å²) in [5, 5.41) is 16.2. The number of aryl methyl sites for hydroxylation is 2. The van der Waals surface area contributed by atoms with Gasteiger partial charge in [0.25, 0.3) is 0 Å². The lowest BCUT2D eigenvalue weighted by atomic mass is 9.98. The van der Waals surface area contributed by atoms with Crippen LogP contribution < -0.4 is 15.5 Å². The van der Waals surface area contributed by atoms with Crippen LogP contribution in [0.5, 0.6) is 5.75 Å². The van der Waals surface area contributed by atoms with Crippen molar-refractivity contribution in [3.8, 4) is 5.75 Å². The van der Waals surface area contributed by atoms with Crippen LogP contribution in [0.15, 0.2) is 48.5 Å². The highest BCUT2D eigenvalue weighted by atomic mass is 16.3. The molecule has 3 heterocycles. The van der Waals surface area contributed by atoms with Gasteiger partial charge in [0, 0.05) is 49.5 Å². The Bertz CT molecular complexity index is 1310. The molecule has 0 spiro atoms. The molecule has 2 aliphatic rings. The molecule has 1 fully saturated rings. The molecule has 36 heavy (non-hydrogen) atoms. The number of hydrogen-bond donors (Lipinski definition) is 3. The van der Waals surface area contributed by atoms with Crippen LogP contribution >= 0.6 is 0 Å². The molecule has 186 valence electrons. The maximum Gasteiger partial charge on any atom is 0.322 e. The number of phenolic OH excluding ortho intramolecular Hbond substituents is 1. The van der Waals surface area contributed by atoms with Gasteiger partial charge in [-0.25, -0.2) is 9.78 Å². The van der Waals surface area contributed by atoms with Crippen LogP contribution in [0.1, 0.15) is 45.5 Å². The predicted molar refractivity (Wildman–Crippen MR) is 141 cm³/mol. The van der Waals surface area contributed by atoms with Crippen molar-refractivity contribution in [3.05, 3.63) is 76.3 Å². The standard InChI is InChI=1S/C28H31N5O3/c1-17-12-20(13-18(2)26(17)34)27(35)21-14-24(29-3)31-25(15-21)32-10-8-22(9-11-32)33-16-19-6-4-5-7-23(19)30-28(33)36/h4-7,12-15,22,34H,8-11,16H2,1-3H3,(H,29,31)(H,30,36). The molecular weight excluding hydrogens is 454 g/mol. The Kier molecular flexibility index (Phi) is 6.26. The molecule has 0 atom stereocenters. The summed E-state index contributed by atoms with van der Waals surface area (Å²) in [6.45, 7) is 5.68. The molecule has 0 radical (unpaired) electrons. The average molecular weight is 486 g/mol. The molecule has 1 saturated heterocycles. The number of piperidine rings is 1. The van der Waals surface area contributed by atoms with E-state index >= 15 is 0 Å². The number of aromatic nitrogens is 1. The number of aromatic hydroxyl groups is 1. The molecule has 1 aromatic heterocycles. The molecule has 5 rings (SSSR count). The molecule has 0 unspecified atom stereocenters. The van der Waals surface area contributed by atoms with Crippen LogP contribution in [-0.4, -0.2) is 53.0 Å². The van der Waals surface area contributed by atoms with Gasteiger partial charge < -0.3 is 25.5 Å². The summed E-state index contributed by atoms with van der Waals surface area (Å²) < 4.78 is 0. The number of nitrogens with one attached hydrogen (secondary N) is 2. The van der Waals surface area contributed by atoms with Crippen molar-refractivity contribution >= 4 is 29.1 Å². The van der Waals surface area contributed by atoms with E-state index in [1.165, 1.54) is 0 Å². The van der Waals surface area contributed by atoms with Gasteiger partial charge in [0.2, 0.25) is 0 Å². The van der Waals surface area contributed by atoms with Gasteiger partial charge in [-0.05, 0) is 73.7 Å². The van der Waals surface area contributed by atoms with Crippen molar-refractivity contribution in [1.82, 2.24) is 9.88 Å². The fourth-order valence-corrected chi connectivity index (χ4v) is 5.11. The number of carbonyl (C=O) groups excluding carboxylic acids is 2. The monoisotopic (exact) mass is 485 g/mol. The van der Waals surface area contributed by atoms with Gasteiger partial charge in [0.05, 0.1) is 0 Å². The van der Waals surface area contributed by atoms with Crippen molar-refractivity contribution in [3.63, 3.8) is 0 Å². The highest BCUT2D eigenvalue weighted by Gasteiger charge is 2.32. The molecule has 2 aromatic carbocycles. The number of benzene rings is 2. The van der Waals surface area contributed by atoms with Gasteiger partial charge in [-0.1, -0.05) is 18.2 Å². The third-order valence-corrected chi connectivity index (χ3v) is 7.17. The van der Waals surface area contributed by atoms with Crippen LogP contribution in [0, 0.1) is 13.8 Å². The highest BCUT2D eigenvalue weighted by molar-refractivity contribution is 6.10. The normalized spacial score (nSPS) is 15.9. The molecule has 8 heteroatoms. The van der Waals surface area contributed by atoms with Crippen molar-refractivity contribution in [2.24, 2.45) is 0 Å². The lowest BCUT2D eigenvalue weighted by Crippen LogP contribution is -2.50. The minimum Gasteiger partial charge on any atom is -0.507 e. The number of amides is 2. The molecular formula is C28H31N5O3. The summed E-state index contributed by atoms with van der Waals surface area (Å²) in [6, 6.07) is 15.1. The second kappa shape index (κ2) is 9.53. The zero-order chi connectivity index (χ0) is 25.4. The first-order chi connectivity index (χ1) is 17.3. The number of para-hydroxylation sites is 1. The Morgan fingerprint density at radius 1 is 1.06 bits per heavy atom. The van der Waals surface area contributed by atoms with Crippen LogP contribution in [-0.2, 0) is 6.54 Å². The van der Waals surface area contributed by atoms with E-state index in [1.807, 2.05) is 29.2 Å². The quantitative estimate of drug-likeness (QED) is 0.454. The van der Waals surface area contributed by atoms with Crippen molar-refractivity contribution in [1.29, 1.82) is 0 Å². The smallest absolute Gasteiger partial charge is 0.322 e. The number of ketones is 1. The maximum absolute atomic E-state index is 13.4. The predicted octanol–water partition coefficient (Wildman–Crippen LogP) is 4.69. The number of urea groups is 1. The van der Waals surface area contributed by atoms with Gasteiger partial charge >= 0.3 is 6.03 Å². The van der Waals surface area contributed by atoms with E-state index in [2.05, 4.69) is 21.6 Å². The molecule has 0 bridgehead atoms. The number of rotatable bonds is 5. The number of hydrogen-bond acceptors (Lipinski definition) is 6. The van der Waals surface area contributed by atoms with E-state index in [9.17, 15) is 14.7 Å². The lowest BCUT2D eigenvalue weighted by molar-refractivity contribution is 0.103. The topological polar surface area (TPSA) is 97.8 Å². The second-order valence-electron chi connectivity index (χ2n) is 9.57. The first kappa shape index (κ1) is 23.7. The van der Waals surface area contributed by atoms with Crippen LogP contribution in [0.2, 0.25) is 0 Å². The fourth-order valence-electron chi connectivity index (χ4n) is 5.11. The minimum absolute atomic E-state index is 0.0465. The highest BCUT2D eigenvalue weighted by Crippen LogP contribution is 2.30. The molecule has 3 N–H and O–H groups in total. The first-order valence-corrected chi connectivity index (χ1v) is 12.3. The molecule has 8 nitrogen and oxygen atoms in total. The Morgan fingerprint density at radius 2 is 1.72 bits per heavy atom. The Labute approximate surface area is 211 Å².